The highest BCUT2D eigenvalue weighted by molar-refractivity contribution is 7.99. The van der Waals surface area contributed by atoms with Crippen LogP contribution in [0.5, 0.6) is 0 Å². The Morgan fingerprint density at radius 1 is 1.47 bits per heavy atom. The van der Waals surface area contributed by atoms with Gasteiger partial charge in [0, 0.05) is 18.1 Å². The minimum absolute atomic E-state index is 0.0835. The van der Waals surface area contributed by atoms with Crippen molar-refractivity contribution in [2.75, 3.05) is 18.1 Å². The van der Waals surface area contributed by atoms with Gasteiger partial charge in [-0.3, -0.25) is 4.79 Å². The molecule has 2 aliphatic rings. The molecule has 96 valence electrons. The van der Waals surface area contributed by atoms with Gasteiger partial charge in [-0.1, -0.05) is 0 Å². The third-order valence-electron chi connectivity index (χ3n) is 3.46. The van der Waals surface area contributed by atoms with E-state index in [0.29, 0.717) is 5.75 Å². The number of hydrogen-bond donors (Lipinski definition) is 3. The van der Waals surface area contributed by atoms with Crippen molar-refractivity contribution in [3.63, 3.8) is 0 Å². The molecule has 2 atom stereocenters. The Balaban J connectivity index is 1.97. The second kappa shape index (κ2) is 4.86. The van der Waals surface area contributed by atoms with E-state index in [2.05, 4.69) is 10.6 Å². The largest absolute Gasteiger partial charge is 0.480 e. The quantitative estimate of drug-likeness (QED) is 0.664. The van der Waals surface area contributed by atoms with Gasteiger partial charge < -0.3 is 15.7 Å². The Morgan fingerprint density at radius 3 is 2.65 bits per heavy atom. The second-order valence-corrected chi connectivity index (χ2v) is 6.00. The first-order valence-electron chi connectivity index (χ1n) is 5.90. The molecule has 1 saturated carbocycles. The minimum Gasteiger partial charge on any atom is -0.480 e. The summed E-state index contributed by atoms with van der Waals surface area (Å²) in [5.74, 6) is 0.681. The normalized spacial score (nSPS) is 28.2. The lowest BCUT2D eigenvalue weighted by molar-refractivity contribution is -0.148. The summed E-state index contributed by atoms with van der Waals surface area (Å²) in [5.41, 5.74) is -1.10. The Labute approximate surface area is 105 Å². The van der Waals surface area contributed by atoms with Crippen LogP contribution in [-0.2, 0) is 9.59 Å². The number of amides is 1. The molecule has 1 saturated heterocycles. The molecule has 0 aromatic heterocycles. The number of aliphatic carboxylic acids is 1. The van der Waals surface area contributed by atoms with Crippen molar-refractivity contribution in [3.8, 4) is 0 Å². The van der Waals surface area contributed by atoms with Gasteiger partial charge in [0.2, 0.25) is 5.91 Å². The summed E-state index contributed by atoms with van der Waals surface area (Å²) in [4.78, 5) is 23.3. The Morgan fingerprint density at radius 2 is 2.18 bits per heavy atom. The van der Waals surface area contributed by atoms with Gasteiger partial charge in [0.05, 0.1) is 6.04 Å². The molecule has 2 rings (SSSR count). The molecule has 1 aliphatic heterocycles. The molecule has 0 radical (unpaired) electrons. The zero-order chi connectivity index (χ0) is 12.5. The summed E-state index contributed by atoms with van der Waals surface area (Å²) in [7, 11) is 0. The zero-order valence-electron chi connectivity index (χ0n) is 9.86. The fraction of sp³-hybridized carbons (Fsp3) is 0.818. The van der Waals surface area contributed by atoms with Gasteiger partial charge >= 0.3 is 5.97 Å². The van der Waals surface area contributed by atoms with Crippen molar-refractivity contribution in [2.24, 2.45) is 5.92 Å². The predicted molar refractivity (Wildman–Crippen MR) is 66.0 cm³/mol. The predicted octanol–water partition coefficient (Wildman–Crippen LogP) is 0.0609. The van der Waals surface area contributed by atoms with E-state index >= 15 is 0 Å². The number of thioether (sulfide) groups is 1. The van der Waals surface area contributed by atoms with Gasteiger partial charge in [-0.05, 0) is 25.7 Å². The fourth-order valence-corrected chi connectivity index (χ4v) is 3.00. The highest BCUT2D eigenvalue weighted by atomic mass is 32.2. The molecular weight excluding hydrogens is 240 g/mol. The lowest BCUT2D eigenvalue weighted by Crippen LogP contribution is -2.59. The molecule has 0 bridgehead atoms. The van der Waals surface area contributed by atoms with Gasteiger partial charge in [0.15, 0.2) is 0 Å². The average molecular weight is 258 g/mol. The standard InChI is InChI=1S/C11H18N2O3S/c1-11(10(15)16,7-2-3-7)13-9(14)8-6-17-5-4-12-8/h7-8,12H,2-6H2,1H3,(H,13,14)(H,15,16). The summed E-state index contributed by atoms with van der Waals surface area (Å²) in [5, 5.41) is 15.1. The van der Waals surface area contributed by atoms with Crippen LogP contribution in [0.1, 0.15) is 19.8 Å². The van der Waals surface area contributed by atoms with Crippen LogP contribution in [0, 0.1) is 5.92 Å². The van der Waals surface area contributed by atoms with Crippen molar-refractivity contribution in [1.29, 1.82) is 0 Å². The van der Waals surface area contributed by atoms with Crippen molar-refractivity contribution >= 4 is 23.6 Å². The Kier molecular flexibility index (Phi) is 3.63. The monoisotopic (exact) mass is 258 g/mol. The highest BCUT2D eigenvalue weighted by Crippen LogP contribution is 2.39. The van der Waals surface area contributed by atoms with E-state index in [1.807, 2.05) is 0 Å². The third-order valence-corrected chi connectivity index (χ3v) is 4.52. The van der Waals surface area contributed by atoms with E-state index in [-0.39, 0.29) is 17.9 Å². The van der Waals surface area contributed by atoms with Gasteiger partial charge in [-0.15, -0.1) is 0 Å². The number of carboxylic acids is 1. The number of carboxylic acid groups (broad SMARTS) is 1. The molecule has 2 unspecified atom stereocenters. The van der Waals surface area contributed by atoms with Gasteiger partial charge in [0.25, 0.3) is 0 Å². The first-order valence-corrected chi connectivity index (χ1v) is 7.06. The lowest BCUT2D eigenvalue weighted by Gasteiger charge is -2.30. The first kappa shape index (κ1) is 12.7. The topological polar surface area (TPSA) is 78.4 Å². The summed E-state index contributed by atoms with van der Waals surface area (Å²) in [6.45, 7) is 2.41. The summed E-state index contributed by atoms with van der Waals surface area (Å²) in [6.07, 6.45) is 1.77. The number of hydrogen-bond acceptors (Lipinski definition) is 4. The number of rotatable bonds is 4. The molecule has 0 aromatic rings. The van der Waals surface area contributed by atoms with E-state index in [0.717, 1.165) is 25.1 Å². The van der Waals surface area contributed by atoms with Crippen LogP contribution in [0.25, 0.3) is 0 Å². The van der Waals surface area contributed by atoms with Crippen LogP contribution in [-0.4, -0.2) is 46.6 Å². The highest BCUT2D eigenvalue weighted by Gasteiger charge is 2.49. The van der Waals surface area contributed by atoms with Crippen LogP contribution in [0.4, 0.5) is 0 Å². The summed E-state index contributed by atoms with van der Waals surface area (Å²) < 4.78 is 0. The van der Waals surface area contributed by atoms with Crippen LogP contribution >= 0.6 is 11.8 Å². The number of carbonyl (C=O) groups is 2. The maximum Gasteiger partial charge on any atom is 0.329 e. The summed E-state index contributed by atoms with van der Waals surface area (Å²) >= 11 is 1.72. The molecule has 1 aliphatic carbocycles. The van der Waals surface area contributed by atoms with Crippen molar-refractivity contribution in [2.45, 2.75) is 31.3 Å². The molecule has 6 heteroatoms. The molecule has 1 amide bonds. The lowest BCUT2D eigenvalue weighted by atomic mass is 9.95. The molecule has 0 spiro atoms. The van der Waals surface area contributed by atoms with E-state index in [9.17, 15) is 14.7 Å². The van der Waals surface area contributed by atoms with Gasteiger partial charge in [0.1, 0.15) is 5.54 Å². The first-order chi connectivity index (χ1) is 8.04. The maximum absolute atomic E-state index is 12.0. The SMILES string of the molecule is CC(NC(=O)C1CSCCN1)(C(=O)O)C1CC1. The van der Waals surface area contributed by atoms with Crippen LogP contribution in [0.15, 0.2) is 0 Å². The second-order valence-electron chi connectivity index (χ2n) is 4.85. The van der Waals surface area contributed by atoms with Crippen LogP contribution in [0.2, 0.25) is 0 Å². The van der Waals surface area contributed by atoms with Gasteiger partial charge in [-0.2, -0.15) is 11.8 Å². The maximum atomic E-state index is 12.0. The zero-order valence-corrected chi connectivity index (χ0v) is 10.7. The van der Waals surface area contributed by atoms with E-state index in [1.165, 1.54) is 0 Å². The minimum atomic E-state index is -1.10. The van der Waals surface area contributed by atoms with Crippen molar-refractivity contribution < 1.29 is 14.7 Å². The van der Waals surface area contributed by atoms with Crippen LogP contribution in [0.3, 0.4) is 0 Å². The molecule has 2 fully saturated rings. The van der Waals surface area contributed by atoms with E-state index < -0.39 is 11.5 Å². The molecule has 5 nitrogen and oxygen atoms in total. The Hall–Kier alpha value is -0.750. The van der Waals surface area contributed by atoms with Crippen molar-refractivity contribution in [1.82, 2.24) is 10.6 Å². The van der Waals surface area contributed by atoms with Crippen molar-refractivity contribution in [3.05, 3.63) is 0 Å². The van der Waals surface area contributed by atoms with Crippen LogP contribution < -0.4 is 10.6 Å². The fourth-order valence-electron chi connectivity index (χ4n) is 2.07. The van der Waals surface area contributed by atoms with E-state index in [1.54, 1.807) is 18.7 Å². The average Bonchev–Trinajstić information content (AvgIpc) is 3.13. The molecular formula is C11H18N2O3S. The number of nitrogens with one attached hydrogen (secondary N) is 2. The third kappa shape index (κ3) is 2.74. The molecule has 3 N–H and O–H groups in total. The molecule has 17 heavy (non-hydrogen) atoms. The molecule has 1 heterocycles. The number of carbonyl (C=O) groups excluding carboxylic acids is 1. The van der Waals surface area contributed by atoms with Gasteiger partial charge in [-0.25, -0.2) is 4.79 Å². The molecule has 0 aromatic carbocycles. The summed E-state index contributed by atoms with van der Waals surface area (Å²) in [6, 6.07) is -0.258. The Bertz CT molecular complexity index is 327. The van der Waals surface area contributed by atoms with E-state index in [4.69, 9.17) is 0 Å². The smallest absolute Gasteiger partial charge is 0.329 e.